The van der Waals surface area contributed by atoms with Crippen molar-refractivity contribution in [3.8, 4) is 0 Å². The normalized spacial score (nSPS) is 7.67. The van der Waals surface area contributed by atoms with Gasteiger partial charge in [-0.25, -0.2) is 9.59 Å². The summed E-state index contributed by atoms with van der Waals surface area (Å²) in [6.07, 6.45) is 2.07. The van der Waals surface area contributed by atoms with Crippen LogP contribution in [0.1, 0.15) is 12.8 Å². The lowest BCUT2D eigenvalue weighted by Crippen LogP contribution is -1.98. The van der Waals surface area contributed by atoms with Crippen molar-refractivity contribution in [3.05, 3.63) is 0 Å². The number of hydrogen-bond acceptors (Lipinski definition) is 4. The van der Waals surface area contributed by atoms with Gasteiger partial charge in [-0.2, -0.15) is 4.99 Å². The number of aliphatic imine (C=N–C) groups is 2. The maximum absolute atomic E-state index is 10.5. The van der Waals surface area contributed by atoms with E-state index >= 15 is 0 Å². The summed E-state index contributed by atoms with van der Waals surface area (Å²) in [5.41, 5.74) is 0. The summed E-state index contributed by atoms with van der Waals surface area (Å²) in [6.45, 7) is 0. The Morgan fingerprint density at radius 1 is 1.17 bits per heavy atom. The van der Waals surface area contributed by atoms with Crippen molar-refractivity contribution in [2.24, 2.45) is 9.98 Å². The van der Waals surface area contributed by atoms with Crippen LogP contribution in [0, 0.1) is 5.41 Å². The Morgan fingerprint density at radius 2 is 1.75 bits per heavy atom. The highest BCUT2D eigenvalue weighted by Crippen LogP contribution is 1.93. The molecule has 0 aromatic rings. The first-order valence-corrected chi connectivity index (χ1v) is 2.96. The molecule has 0 saturated heterocycles. The van der Waals surface area contributed by atoms with Gasteiger partial charge >= 0.3 is 0 Å². The Morgan fingerprint density at radius 3 is 2.25 bits per heavy atom. The molecule has 0 fully saturated rings. The van der Waals surface area contributed by atoms with Crippen LogP contribution in [0.15, 0.2) is 9.98 Å². The van der Waals surface area contributed by atoms with Crippen LogP contribution in [0.2, 0.25) is 0 Å². The van der Waals surface area contributed by atoms with Crippen molar-refractivity contribution in [3.63, 3.8) is 0 Å². The highest BCUT2D eigenvalue weighted by atomic mass is 16.2. The molecule has 0 aliphatic carbocycles. The van der Waals surface area contributed by atoms with E-state index in [4.69, 9.17) is 5.41 Å². The predicted octanol–water partition coefficient (Wildman–Crippen LogP) is -0.0579. The van der Waals surface area contributed by atoms with Crippen LogP contribution < -0.4 is 0 Å². The Kier molecular flexibility index (Phi) is 4.93. The summed E-state index contributed by atoms with van der Waals surface area (Å²) in [4.78, 5) is 35.3. The van der Waals surface area contributed by atoms with Crippen LogP contribution in [0.4, 0.5) is 0 Å². The fourth-order valence-electron chi connectivity index (χ4n) is 0.443. The standard InChI is InChI=1S/C6H5N3O3/c7-5(8-3-10)1-2-6(12)9-4-11/h7H,1-2H2. The zero-order valence-corrected chi connectivity index (χ0v) is 6.03. The van der Waals surface area contributed by atoms with Crippen molar-refractivity contribution < 1.29 is 14.4 Å². The molecule has 0 aliphatic heterocycles. The SMILES string of the molecule is N=C(CCC(=O)N=C=O)N=C=O. The fourth-order valence-corrected chi connectivity index (χ4v) is 0.443. The molecule has 62 valence electrons. The number of nitrogens with one attached hydrogen (secondary N) is 1. The Bertz CT molecular complexity index is 254. The maximum atomic E-state index is 10.5. The summed E-state index contributed by atoms with van der Waals surface area (Å²) < 4.78 is 0. The van der Waals surface area contributed by atoms with Crippen molar-refractivity contribution in [2.45, 2.75) is 12.8 Å². The van der Waals surface area contributed by atoms with E-state index in [1.807, 2.05) is 0 Å². The molecule has 0 radical (unpaired) electrons. The molecule has 0 aromatic heterocycles. The number of nitrogens with zero attached hydrogens (tertiary/aromatic N) is 2. The van der Waals surface area contributed by atoms with Gasteiger partial charge < -0.3 is 0 Å². The van der Waals surface area contributed by atoms with E-state index in [-0.39, 0.29) is 18.7 Å². The van der Waals surface area contributed by atoms with Crippen molar-refractivity contribution in [2.75, 3.05) is 0 Å². The van der Waals surface area contributed by atoms with E-state index in [0.29, 0.717) is 0 Å². The monoisotopic (exact) mass is 167 g/mol. The first kappa shape index (κ1) is 10.1. The molecule has 0 bridgehead atoms. The second kappa shape index (κ2) is 5.85. The fraction of sp³-hybridized carbons (Fsp3) is 0.333. The summed E-state index contributed by atoms with van der Waals surface area (Å²) in [5.74, 6) is -0.949. The molecule has 6 nitrogen and oxygen atoms in total. The zero-order chi connectivity index (χ0) is 9.40. The van der Waals surface area contributed by atoms with Gasteiger partial charge in [0.05, 0.1) is 0 Å². The highest BCUT2D eigenvalue weighted by Gasteiger charge is 2.01. The third-order valence-corrected chi connectivity index (χ3v) is 0.927. The minimum atomic E-state index is -0.684. The zero-order valence-electron chi connectivity index (χ0n) is 6.03. The third-order valence-electron chi connectivity index (χ3n) is 0.927. The Balaban J connectivity index is 3.83. The van der Waals surface area contributed by atoms with E-state index in [1.165, 1.54) is 0 Å². The number of hydrogen-bond donors (Lipinski definition) is 1. The predicted molar refractivity (Wildman–Crippen MR) is 38.2 cm³/mol. The van der Waals surface area contributed by atoms with Crippen LogP contribution in [-0.2, 0) is 14.4 Å². The van der Waals surface area contributed by atoms with Gasteiger partial charge in [0.2, 0.25) is 12.2 Å². The number of rotatable bonds is 3. The molecule has 0 aliphatic rings. The van der Waals surface area contributed by atoms with Gasteiger partial charge in [-0.15, -0.1) is 4.99 Å². The first-order chi connectivity index (χ1) is 5.70. The van der Waals surface area contributed by atoms with Crippen molar-refractivity contribution in [1.29, 1.82) is 5.41 Å². The van der Waals surface area contributed by atoms with Gasteiger partial charge in [0, 0.05) is 12.8 Å². The van der Waals surface area contributed by atoms with Gasteiger partial charge in [-0.05, 0) is 0 Å². The number of amidine groups is 1. The molecule has 0 atom stereocenters. The average Bonchev–Trinajstić information content (AvgIpc) is 2.02. The lowest BCUT2D eigenvalue weighted by Gasteiger charge is -1.89. The lowest BCUT2D eigenvalue weighted by atomic mass is 10.3. The van der Waals surface area contributed by atoms with Gasteiger partial charge in [0.15, 0.2) is 0 Å². The van der Waals surface area contributed by atoms with Gasteiger partial charge in [-0.1, -0.05) is 0 Å². The number of carbonyl (C=O) groups excluding carboxylic acids is 3. The summed E-state index contributed by atoms with van der Waals surface area (Å²) in [6, 6.07) is 0. The van der Waals surface area contributed by atoms with Crippen LogP contribution in [0.5, 0.6) is 0 Å². The highest BCUT2D eigenvalue weighted by molar-refractivity contribution is 5.89. The second-order valence-corrected chi connectivity index (χ2v) is 1.75. The molecule has 0 unspecified atom stereocenters. The van der Waals surface area contributed by atoms with Gasteiger partial charge in [0.25, 0.3) is 5.91 Å². The van der Waals surface area contributed by atoms with Gasteiger partial charge in [0.1, 0.15) is 5.84 Å². The third kappa shape index (κ3) is 4.93. The molecule has 0 aromatic carbocycles. The Labute approximate surface area is 67.5 Å². The quantitative estimate of drug-likeness (QED) is 0.362. The molecule has 0 saturated carbocycles. The molecule has 0 spiro atoms. The number of amides is 1. The van der Waals surface area contributed by atoms with E-state index in [2.05, 4.69) is 9.98 Å². The van der Waals surface area contributed by atoms with Gasteiger partial charge in [-0.3, -0.25) is 10.2 Å². The van der Waals surface area contributed by atoms with Crippen molar-refractivity contribution in [1.82, 2.24) is 0 Å². The molecule has 1 amide bonds. The molecule has 0 heterocycles. The summed E-state index contributed by atoms with van der Waals surface area (Å²) in [5, 5.41) is 6.89. The molecule has 1 N–H and O–H groups in total. The van der Waals surface area contributed by atoms with E-state index < -0.39 is 5.91 Å². The summed E-state index contributed by atoms with van der Waals surface area (Å²) in [7, 11) is 0. The largest absolute Gasteiger partial charge is 0.286 e. The Hall–Kier alpha value is -1.90. The van der Waals surface area contributed by atoms with Crippen LogP contribution >= 0.6 is 0 Å². The maximum Gasteiger partial charge on any atom is 0.256 e. The van der Waals surface area contributed by atoms with Crippen LogP contribution in [0.25, 0.3) is 0 Å². The van der Waals surface area contributed by atoms with E-state index in [1.54, 1.807) is 0 Å². The lowest BCUT2D eigenvalue weighted by molar-refractivity contribution is -0.117. The van der Waals surface area contributed by atoms with E-state index in [0.717, 1.165) is 12.2 Å². The van der Waals surface area contributed by atoms with E-state index in [9.17, 15) is 14.4 Å². The average molecular weight is 167 g/mol. The second-order valence-electron chi connectivity index (χ2n) is 1.75. The van der Waals surface area contributed by atoms with Crippen molar-refractivity contribution >= 4 is 23.9 Å². The molecule has 12 heavy (non-hydrogen) atoms. The molecule has 0 rings (SSSR count). The topological polar surface area (TPSA) is 99.8 Å². The van der Waals surface area contributed by atoms with Crippen LogP contribution in [0.3, 0.4) is 0 Å². The molecular formula is C6H5N3O3. The molecular weight excluding hydrogens is 162 g/mol. The summed E-state index contributed by atoms with van der Waals surface area (Å²) >= 11 is 0. The number of isocyanates is 2. The molecule has 6 heteroatoms. The minimum absolute atomic E-state index is 0.0285. The van der Waals surface area contributed by atoms with Crippen LogP contribution in [-0.4, -0.2) is 23.9 Å². The number of carbonyl (C=O) groups is 1. The first-order valence-electron chi connectivity index (χ1n) is 2.96. The minimum Gasteiger partial charge on any atom is -0.286 e. The smallest absolute Gasteiger partial charge is 0.256 e.